The highest BCUT2D eigenvalue weighted by Crippen LogP contribution is 2.39. The lowest BCUT2D eigenvalue weighted by molar-refractivity contribution is 1.20. The molecule has 0 radical (unpaired) electrons. The number of thiophene rings is 1. The van der Waals surface area contributed by atoms with E-state index in [1.54, 1.807) is 16.7 Å². The average molecular weight is 363 g/mol. The minimum atomic E-state index is 0.554. The number of hydrogen-bond acceptors (Lipinski definition) is 3. The summed E-state index contributed by atoms with van der Waals surface area (Å²) in [5.74, 6) is 0.554. The van der Waals surface area contributed by atoms with Crippen LogP contribution in [0.1, 0.15) is 0 Å². The second-order valence-corrected chi connectivity index (χ2v) is 6.60. The van der Waals surface area contributed by atoms with E-state index < -0.39 is 0 Å². The number of pyridine rings is 1. The van der Waals surface area contributed by atoms with Crippen LogP contribution in [0.15, 0.2) is 28.9 Å². The maximum absolute atomic E-state index is 6.09. The van der Waals surface area contributed by atoms with Crippen molar-refractivity contribution < 1.29 is 0 Å². The summed E-state index contributed by atoms with van der Waals surface area (Å²) in [5, 5.41) is 0.614. The van der Waals surface area contributed by atoms with Crippen LogP contribution < -0.4 is 5.73 Å². The third kappa shape index (κ3) is 1.91. The maximum Gasteiger partial charge on any atom is 0.139 e. The van der Waals surface area contributed by atoms with Crippen LogP contribution in [-0.2, 0) is 0 Å². The third-order valence-corrected chi connectivity index (χ3v) is 5.20. The molecule has 0 bridgehead atoms. The molecule has 0 aliphatic heterocycles. The molecule has 92 valence electrons. The van der Waals surface area contributed by atoms with Gasteiger partial charge in [0.25, 0.3) is 0 Å². The van der Waals surface area contributed by atoms with Crippen LogP contribution in [-0.4, -0.2) is 9.38 Å². The van der Waals surface area contributed by atoms with Crippen molar-refractivity contribution in [3.05, 3.63) is 38.2 Å². The SMILES string of the molecule is Nc1c(-c2cc(Br)c(Cl)s2)nc2ccc(Cl)cn12. The molecule has 2 N–H and O–H groups in total. The van der Waals surface area contributed by atoms with E-state index in [1.165, 1.54) is 11.3 Å². The van der Waals surface area contributed by atoms with Crippen molar-refractivity contribution >= 4 is 61.9 Å². The fourth-order valence-electron chi connectivity index (χ4n) is 1.68. The van der Waals surface area contributed by atoms with Crippen LogP contribution in [0.25, 0.3) is 16.2 Å². The van der Waals surface area contributed by atoms with Crippen molar-refractivity contribution in [3.8, 4) is 10.6 Å². The van der Waals surface area contributed by atoms with Crippen molar-refractivity contribution in [1.82, 2.24) is 9.38 Å². The van der Waals surface area contributed by atoms with Crippen LogP contribution in [0.5, 0.6) is 0 Å². The van der Waals surface area contributed by atoms with E-state index in [0.29, 0.717) is 15.2 Å². The number of anilines is 1. The molecule has 3 heterocycles. The molecule has 0 fully saturated rings. The number of fused-ring (bicyclic) bond motifs is 1. The molecule has 0 aliphatic carbocycles. The minimum Gasteiger partial charge on any atom is -0.383 e. The highest BCUT2D eigenvalue weighted by molar-refractivity contribution is 9.10. The highest BCUT2D eigenvalue weighted by Gasteiger charge is 2.15. The number of nitrogens with two attached hydrogens (primary N) is 1. The van der Waals surface area contributed by atoms with E-state index in [1.807, 2.05) is 12.1 Å². The second kappa shape index (κ2) is 4.42. The van der Waals surface area contributed by atoms with Gasteiger partial charge < -0.3 is 5.73 Å². The number of imidazole rings is 1. The fourth-order valence-corrected chi connectivity index (χ4v) is 3.54. The Morgan fingerprint density at radius 2 is 2.11 bits per heavy atom. The summed E-state index contributed by atoms with van der Waals surface area (Å²) in [7, 11) is 0. The van der Waals surface area contributed by atoms with Crippen molar-refractivity contribution in [2.45, 2.75) is 0 Å². The Morgan fingerprint density at radius 1 is 1.33 bits per heavy atom. The van der Waals surface area contributed by atoms with Gasteiger partial charge in [0, 0.05) is 10.7 Å². The number of rotatable bonds is 1. The number of nitrogen functional groups attached to an aromatic ring is 1. The van der Waals surface area contributed by atoms with E-state index in [2.05, 4.69) is 20.9 Å². The Morgan fingerprint density at radius 3 is 2.78 bits per heavy atom. The van der Waals surface area contributed by atoms with Crippen LogP contribution in [0.4, 0.5) is 5.82 Å². The average Bonchev–Trinajstić information content (AvgIpc) is 2.82. The highest BCUT2D eigenvalue weighted by atomic mass is 79.9. The van der Waals surface area contributed by atoms with Gasteiger partial charge in [-0.2, -0.15) is 0 Å². The van der Waals surface area contributed by atoms with Gasteiger partial charge in [-0.05, 0) is 34.1 Å². The lowest BCUT2D eigenvalue weighted by Gasteiger charge is -1.97. The molecule has 0 aromatic carbocycles. The molecule has 0 amide bonds. The molecule has 0 saturated carbocycles. The maximum atomic E-state index is 6.09. The van der Waals surface area contributed by atoms with Gasteiger partial charge in [-0.25, -0.2) is 4.98 Å². The van der Waals surface area contributed by atoms with Crippen molar-refractivity contribution in [3.63, 3.8) is 0 Å². The first-order valence-corrected chi connectivity index (χ1v) is 7.31. The van der Waals surface area contributed by atoms with Crippen LogP contribution in [0.3, 0.4) is 0 Å². The Hall–Kier alpha value is -0.750. The molecule has 0 atom stereocenters. The van der Waals surface area contributed by atoms with Crippen LogP contribution >= 0.6 is 50.5 Å². The van der Waals surface area contributed by atoms with E-state index in [4.69, 9.17) is 28.9 Å². The molecule has 7 heteroatoms. The molecule has 3 nitrogen and oxygen atoms in total. The Labute approximate surface area is 125 Å². The molecule has 0 unspecified atom stereocenters. The second-order valence-electron chi connectivity index (χ2n) is 3.65. The summed E-state index contributed by atoms with van der Waals surface area (Å²) in [6.45, 7) is 0. The summed E-state index contributed by atoms with van der Waals surface area (Å²) in [4.78, 5) is 5.41. The summed E-state index contributed by atoms with van der Waals surface area (Å²) < 4.78 is 3.29. The first-order chi connectivity index (χ1) is 8.56. The quantitative estimate of drug-likeness (QED) is 0.680. The molecule has 3 aromatic heterocycles. The summed E-state index contributed by atoms with van der Waals surface area (Å²) in [5.41, 5.74) is 7.56. The predicted octanol–water partition coefficient (Wildman–Crippen LogP) is 4.71. The van der Waals surface area contributed by atoms with Gasteiger partial charge >= 0.3 is 0 Å². The van der Waals surface area contributed by atoms with Gasteiger partial charge in [-0.1, -0.05) is 23.2 Å². The summed E-state index contributed by atoms with van der Waals surface area (Å²) in [6, 6.07) is 5.52. The van der Waals surface area contributed by atoms with Gasteiger partial charge in [-0.15, -0.1) is 11.3 Å². The zero-order valence-electron chi connectivity index (χ0n) is 8.82. The van der Waals surface area contributed by atoms with Crippen LogP contribution in [0.2, 0.25) is 9.36 Å². The van der Waals surface area contributed by atoms with Gasteiger partial charge in [-0.3, -0.25) is 4.40 Å². The van der Waals surface area contributed by atoms with Gasteiger partial charge in [0.2, 0.25) is 0 Å². The zero-order chi connectivity index (χ0) is 12.9. The molecule has 3 rings (SSSR count). The molecule has 18 heavy (non-hydrogen) atoms. The third-order valence-electron chi connectivity index (χ3n) is 2.50. The summed E-state index contributed by atoms with van der Waals surface area (Å²) >= 11 is 16.8. The topological polar surface area (TPSA) is 43.3 Å². The van der Waals surface area contributed by atoms with Gasteiger partial charge in [0.15, 0.2) is 0 Å². The Kier molecular flexibility index (Phi) is 3.02. The molecule has 3 aromatic rings. The number of halogens is 3. The smallest absolute Gasteiger partial charge is 0.139 e. The lowest BCUT2D eigenvalue weighted by Crippen LogP contribution is -1.93. The monoisotopic (exact) mass is 361 g/mol. The molecule has 0 aliphatic rings. The van der Waals surface area contributed by atoms with E-state index in [9.17, 15) is 0 Å². The minimum absolute atomic E-state index is 0.554. The number of nitrogens with zero attached hydrogens (tertiary/aromatic N) is 2. The zero-order valence-corrected chi connectivity index (χ0v) is 12.7. The normalized spacial score (nSPS) is 11.3. The molecule has 0 spiro atoms. The number of hydrogen-bond donors (Lipinski definition) is 1. The largest absolute Gasteiger partial charge is 0.383 e. The Bertz CT molecular complexity index is 731. The lowest BCUT2D eigenvalue weighted by atomic mass is 10.3. The first kappa shape index (κ1) is 12.3. The Balaban J connectivity index is 2.26. The van der Waals surface area contributed by atoms with Crippen molar-refractivity contribution in [2.75, 3.05) is 5.73 Å². The van der Waals surface area contributed by atoms with Crippen molar-refractivity contribution in [2.24, 2.45) is 0 Å². The summed E-state index contributed by atoms with van der Waals surface area (Å²) in [6.07, 6.45) is 1.74. The van der Waals surface area contributed by atoms with Crippen LogP contribution in [0, 0.1) is 0 Å². The molecule has 0 saturated heterocycles. The van der Waals surface area contributed by atoms with E-state index >= 15 is 0 Å². The fraction of sp³-hybridized carbons (Fsp3) is 0. The first-order valence-electron chi connectivity index (χ1n) is 4.94. The predicted molar refractivity (Wildman–Crippen MR) is 80.6 cm³/mol. The molecular formula is C11H6BrCl2N3S. The molecular weight excluding hydrogens is 357 g/mol. The number of aromatic nitrogens is 2. The standard InChI is InChI=1S/C11H6BrCl2N3S/c12-6-3-7(18-10(6)14)9-11(15)17-4-5(13)1-2-8(17)16-9/h1-4H,15H2. The van der Waals surface area contributed by atoms with Gasteiger partial charge in [0.05, 0.1) is 9.90 Å². The van der Waals surface area contributed by atoms with Gasteiger partial charge in [0.1, 0.15) is 21.5 Å². The van der Waals surface area contributed by atoms with E-state index in [-0.39, 0.29) is 0 Å². The van der Waals surface area contributed by atoms with Crippen molar-refractivity contribution in [1.29, 1.82) is 0 Å². The van der Waals surface area contributed by atoms with E-state index in [0.717, 1.165) is 20.7 Å².